The third-order valence-corrected chi connectivity index (χ3v) is 4.53. The Bertz CT molecular complexity index is 1260. The molecule has 0 aliphatic rings. The van der Waals surface area contributed by atoms with Crippen LogP contribution in [0, 0.1) is 10.1 Å². The summed E-state index contributed by atoms with van der Waals surface area (Å²) < 4.78 is 49.6. The third-order valence-electron chi connectivity index (χ3n) is 4.53. The van der Waals surface area contributed by atoms with E-state index in [1.807, 2.05) is 0 Å². The summed E-state index contributed by atoms with van der Waals surface area (Å²) in [5.74, 6) is 0.253. The number of nitro benzene ring substituents is 1. The maximum Gasteiger partial charge on any atom is 0.416 e. The fraction of sp³-hybridized carbons (Fsp3) is 0.0952. The molecular weight excluding hydrogens is 401 g/mol. The second-order valence-corrected chi connectivity index (χ2v) is 6.42. The van der Waals surface area contributed by atoms with E-state index in [-0.39, 0.29) is 17.3 Å². The van der Waals surface area contributed by atoms with E-state index >= 15 is 0 Å². The van der Waals surface area contributed by atoms with Gasteiger partial charge in [0.25, 0.3) is 0 Å². The average molecular weight is 414 g/mol. The molecule has 0 unspecified atom stereocenters. The van der Waals surface area contributed by atoms with Crippen molar-refractivity contribution in [2.24, 2.45) is 0 Å². The summed E-state index contributed by atoms with van der Waals surface area (Å²) in [5, 5.41) is 11.2. The van der Waals surface area contributed by atoms with E-state index in [9.17, 15) is 23.3 Å². The second-order valence-electron chi connectivity index (χ2n) is 6.42. The number of nitrogens with zero attached hydrogens (tertiary/aromatic N) is 2. The number of nitro groups is 1. The van der Waals surface area contributed by atoms with Gasteiger partial charge >= 0.3 is 11.9 Å². The van der Waals surface area contributed by atoms with Gasteiger partial charge in [-0.05, 0) is 47.5 Å². The fourth-order valence-electron chi connectivity index (χ4n) is 3.07. The predicted molar refractivity (Wildman–Crippen MR) is 103 cm³/mol. The summed E-state index contributed by atoms with van der Waals surface area (Å²) in [7, 11) is 1.33. The zero-order valence-electron chi connectivity index (χ0n) is 15.4. The topological polar surface area (TPSA) is 78.4 Å². The normalized spacial score (nSPS) is 11.6. The molecule has 0 atom stereocenters. The molecule has 0 saturated carbocycles. The summed E-state index contributed by atoms with van der Waals surface area (Å²) in [5.41, 5.74) is 1.14. The molecule has 0 spiro atoms. The number of hydrogen-bond acceptors (Lipinski definition) is 5. The fourth-order valence-corrected chi connectivity index (χ4v) is 3.07. The first kappa shape index (κ1) is 19.4. The van der Waals surface area contributed by atoms with Crippen molar-refractivity contribution in [1.82, 2.24) is 4.98 Å². The number of benzene rings is 3. The Morgan fingerprint density at radius 1 is 1.00 bits per heavy atom. The number of hydrogen-bond donors (Lipinski definition) is 0. The van der Waals surface area contributed by atoms with Gasteiger partial charge in [0.1, 0.15) is 5.52 Å². The number of aromatic nitrogens is 1. The van der Waals surface area contributed by atoms with Crippen molar-refractivity contribution in [3.63, 3.8) is 0 Å². The maximum atomic E-state index is 13.0. The molecule has 6 nitrogen and oxygen atoms in total. The van der Waals surface area contributed by atoms with Gasteiger partial charge in [0, 0.05) is 11.6 Å². The SMILES string of the molecule is COc1ccc(-c2nc3cc(-c4cccc(C(F)(F)F)c4)ccc3o2)cc1[N+](=O)[O-]. The minimum Gasteiger partial charge on any atom is -0.490 e. The average Bonchev–Trinajstić information content (AvgIpc) is 3.16. The van der Waals surface area contributed by atoms with Crippen molar-refractivity contribution in [2.45, 2.75) is 6.18 Å². The van der Waals surface area contributed by atoms with Crippen molar-refractivity contribution in [2.75, 3.05) is 7.11 Å². The first-order valence-corrected chi connectivity index (χ1v) is 8.67. The summed E-state index contributed by atoms with van der Waals surface area (Å²) in [6.07, 6.45) is -4.44. The van der Waals surface area contributed by atoms with Crippen LogP contribution in [0.25, 0.3) is 33.7 Å². The standard InChI is InChI=1S/C21H13F3N2O4/c1-29-19-8-6-14(11-17(19)26(27)28)20-25-16-10-13(5-7-18(16)30-20)12-3-2-4-15(9-12)21(22,23)24/h2-11H,1H3. The summed E-state index contributed by atoms with van der Waals surface area (Å²) in [4.78, 5) is 15.0. The Morgan fingerprint density at radius 3 is 2.43 bits per heavy atom. The number of rotatable bonds is 4. The highest BCUT2D eigenvalue weighted by Crippen LogP contribution is 2.35. The molecule has 0 aliphatic heterocycles. The van der Waals surface area contributed by atoms with E-state index < -0.39 is 16.7 Å². The lowest BCUT2D eigenvalue weighted by Crippen LogP contribution is -2.04. The van der Waals surface area contributed by atoms with Crippen LogP contribution < -0.4 is 4.74 Å². The Kier molecular flexibility index (Phi) is 4.65. The van der Waals surface area contributed by atoms with Crippen molar-refractivity contribution in [1.29, 1.82) is 0 Å². The molecule has 152 valence electrons. The zero-order valence-corrected chi connectivity index (χ0v) is 15.4. The van der Waals surface area contributed by atoms with E-state index in [2.05, 4.69) is 4.98 Å². The number of alkyl halides is 3. The van der Waals surface area contributed by atoms with E-state index in [0.29, 0.717) is 27.8 Å². The first-order valence-electron chi connectivity index (χ1n) is 8.67. The van der Waals surface area contributed by atoms with Crippen molar-refractivity contribution < 1.29 is 27.2 Å². The van der Waals surface area contributed by atoms with E-state index in [0.717, 1.165) is 12.1 Å². The number of methoxy groups -OCH3 is 1. The van der Waals surface area contributed by atoms with Gasteiger partial charge in [0.05, 0.1) is 17.6 Å². The van der Waals surface area contributed by atoms with Crippen LogP contribution in [0.2, 0.25) is 0 Å². The molecule has 0 bridgehead atoms. The highest BCUT2D eigenvalue weighted by atomic mass is 19.4. The Labute approximate surface area is 167 Å². The van der Waals surface area contributed by atoms with Gasteiger partial charge in [-0.25, -0.2) is 4.98 Å². The third kappa shape index (κ3) is 3.57. The maximum absolute atomic E-state index is 13.0. The molecule has 9 heteroatoms. The summed E-state index contributed by atoms with van der Waals surface area (Å²) in [6.45, 7) is 0. The van der Waals surface area contributed by atoms with Gasteiger partial charge in [0.2, 0.25) is 5.89 Å². The Hall–Kier alpha value is -3.88. The zero-order chi connectivity index (χ0) is 21.5. The first-order chi connectivity index (χ1) is 14.3. The van der Waals surface area contributed by atoms with Crippen molar-refractivity contribution >= 4 is 16.8 Å². The Morgan fingerprint density at radius 2 is 1.73 bits per heavy atom. The van der Waals surface area contributed by atoms with E-state index in [1.54, 1.807) is 30.3 Å². The molecule has 1 heterocycles. The molecule has 0 aliphatic carbocycles. The molecule has 30 heavy (non-hydrogen) atoms. The van der Waals surface area contributed by atoms with Crippen molar-refractivity contribution in [3.8, 4) is 28.3 Å². The monoisotopic (exact) mass is 414 g/mol. The molecule has 0 N–H and O–H groups in total. The van der Waals surface area contributed by atoms with Crippen molar-refractivity contribution in [3.05, 3.63) is 76.3 Å². The molecule has 0 radical (unpaired) electrons. The van der Waals surface area contributed by atoms with Crippen LogP contribution in [0.1, 0.15) is 5.56 Å². The van der Waals surface area contributed by atoms with Gasteiger partial charge < -0.3 is 9.15 Å². The Balaban J connectivity index is 1.75. The second kappa shape index (κ2) is 7.18. The van der Waals surface area contributed by atoms with Crippen LogP contribution in [0.3, 0.4) is 0 Å². The van der Waals surface area contributed by atoms with Crippen LogP contribution in [-0.2, 0) is 6.18 Å². The molecule has 0 fully saturated rings. The summed E-state index contributed by atoms with van der Waals surface area (Å²) >= 11 is 0. The molecular formula is C21H13F3N2O4. The minimum absolute atomic E-state index is 0.103. The highest BCUT2D eigenvalue weighted by Gasteiger charge is 2.30. The molecule has 4 rings (SSSR count). The van der Waals surface area contributed by atoms with Crippen LogP contribution in [0.4, 0.5) is 18.9 Å². The molecule has 0 amide bonds. The predicted octanol–water partition coefficient (Wildman–Crippen LogP) is 6.10. The summed E-state index contributed by atoms with van der Waals surface area (Å²) in [6, 6.07) is 14.1. The van der Waals surface area contributed by atoms with Gasteiger partial charge in [-0.15, -0.1) is 0 Å². The molecule has 3 aromatic carbocycles. The number of oxazole rings is 1. The molecule has 1 aromatic heterocycles. The number of ether oxygens (including phenoxy) is 1. The smallest absolute Gasteiger partial charge is 0.416 e. The largest absolute Gasteiger partial charge is 0.490 e. The highest BCUT2D eigenvalue weighted by molar-refractivity contribution is 5.82. The lowest BCUT2D eigenvalue weighted by atomic mass is 10.0. The molecule has 4 aromatic rings. The number of fused-ring (bicyclic) bond motifs is 1. The van der Waals surface area contributed by atoms with Crippen LogP contribution in [0.5, 0.6) is 5.75 Å². The van der Waals surface area contributed by atoms with Gasteiger partial charge in [-0.2, -0.15) is 13.2 Å². The van der Waals surface area contributed by atoms with E-state index in [1.165, 1.54) is 25.3 Å². The molecule has 0 saturated heterocycles. The van der Waals surface area contributed by atoms with Gasteiger partial charge in [-0.1, -0.05) is 18.2 Å². The lowest BCUT2D eigenvalue weighted by Gasteiger charge is -2.08. The van der Waals surface area contributed by atoms with Crippen LogP contribution in [0.15, 0.2) is 65.1 Å². The van der Waals surface area contributed by atoms with E-state index in [4.69, 9.17) is 9.15 Å². The van der Waals surface area contributed by atoms with Gasteiger partial charge in [-0.3, -0.25) is 10.1 Å². The van der Waals surface area contributed by atoms with Crippen LogP contribution >= 0.6 is 0 Å². The van der Waals surface area contributed by atoms with Gasteiger partial charge in [0.15, 0.2) is 11.3 Å². The quantitative estimate of drug-likeness (QED) is 0.298. The minimum atomic E-state index is -4.44. The van der Waals surface area contributed by atoms with Crippen LogP contribution in [-0.4, -0.2) is 17.0 Å². The lowest BCUT2D eigenvalue weighted by molar-refractivity contribution is -0.385. The number of halogens is 3.